The number of aldehydes is 1. The lowest BCUT2D eigenvalue weighted by Crippen LogP contribution is -2.17. The second-order valence-corrected chi connectivity index (χ2v) is 11.0. The molecule has 1 aromatic heterocycles. The van der Waals surface area contributed by atoms with Gasteiger partial charge in [-0.25, -0.2) is 4.98 Å². The molecule has 35 heavy (non-hydrogen) atoms. The second kappa shape index (κ2) is 9.21. The third kappa shape index (κ3) is 5.09. The van der Waals surface area contributed by atoms with Crippen LogP contribution in [-0.2, 0) is 17.3 Å². The number of phenols is 1. The molecule has 0 amide bonds. The molecule has 0 saturated carbocycles. The van der Waals surface area contributed by atoms with Crippen LogP contribution in [0.3, 0.4) is 0 Å². The fourth-order valence-electron chi connectivity index (χ4n) is 4.24. The number of oxazole rings is 1. The number of rotatable bonds is 6. The number of aromatic hydroxyl groups is 1. The second-order valence-electron chi connectivity index (χ2n) is 11.0. The smallest absolute Gasteiger partial charge is 0.226 e. The summed E-state index contributed by atoms with van der Waals surface area (Å²) in [5.74, 6) is 1.59. The highest BCUT2D eigenvalue weighted by Gasteiger charge is 2.27. The molecule has 4 aromatic rings. The highest BCUT2D eigenvalue weighted by atomic mass is 16.5. The molecule has 0 fully saturated rings. The van der Waals surface area contributed by atoms with Crippen molar-refractivity contribution >= 4 is 17.1 Å². The van der Waals surface area contributed by atoms with Crippen LogP contribution in [0.5, 0.6) is 11.5 Å². The van der Waals surface area contributed by atoms with E-state index in [1.807, 2.05) is 42.5 Å². The third-order valence-corrected chi connectivity index (χ3v) is 6.19. The van der Waals surface area contributed by atoms with Crippen LogP contribution in [0.1, 0.15) is 68.7 Å². The maximum Gasteiger partial charge on any atom is 0.226 e. The molecule has 0 saturated heterocycles. The van der Waals surface area contributed by atoms with Gasteiger partial charge in [-0.3, -0.25) is 4.79 Å². The van der Waals surface area contributed by atoms with Gasteiger partial charge < -0.3 is 14.3 Å². The van der Waals surface area contributed by atoms with Gasteiger partial charge >= 0.3 is 0 Å². The number of carbonyl (C=O) groups is 1. The lowest BCUT2D eigenvalue weighted by Gasteiger charge is -2.27. The molecule has 1 N–H and O–H groups in total. The van der Waals surface area contributed by atoms with Crippen molar-refractivity contribution < 1.29 is 19.1 Å². The molecule has 1 heterocycles. The van der Waals surface area contributed by atoms with Gasteiger partial charge in [0.2, 0.25) is 5.89 Å². The highest BCUT2D eigenvalue weighted by Crippen LogP contribution is 2.41. The summed E-state index contributed by atoms with van der Waals surface area (Å²) in [7, 11) is 0. The van der Waals surface area contributed by atoms with Crippen molar-refractivity contribution in [1.82, 2.24) is 4.98 Å². The Morgan fingerprint density at radius 1 is 0.943 bits per heavy atom. The van der Waals surface area contributed by atoms with Gasteiger partial charge in [-0.05, 0) is 40.5 Å². The van der Waals surface area contributed by atoms with Crippen LogP contribution in [0.4, 0.5) is 0 Å². The molecule has 3 aromatic carbocycles. The van der Waals surface area contributed by atoms with E-state index in [9.17, 15) is 9.90 Å². The molecule has 182 valence electrons. The zero-order chi connectivity index (χ0) is 25.4. The zero-order valence-electron chi connectivity index (χ0n) is 21.3. The Morgan fingerprint density at radius 3 is 2.17 bits per heavy atom. The summed E-state index contributed by atoms with van der Waals surface area (Å²) >= 11 is 0. The Hall–Kier alpha value is -3.60. The molecule has 4 rings (SSSR count). The molecule has 0 bridgehead atoms. The monoisotopic (exact) mass is 471 g/mol. The van der Waals surface area contributed by atoms with Crippen molar-refractivity contribution in [2.24, 2.45) is 0 Å². The van der Waals surface area contributed by atoms with Gasteiger partial charge in [0.05, 0.1) is 12.3 Å². The van der Waals surface area contributed by atoms with Gasteiger partial charge in [0.25, 0.3) is 0 Å². The van der Waals surface area contributed by atoms with Crippen molar-refractivity contribution in [3.05, 3.63) is 77.2 Å². The summed E-state index contributed by atoms with van der Waals surface area (Å²) in [5, 5.41) is 12.8. The van der Waals surface area contributed by atoms with Gasteiger partial charge in [-0.2, -0.15) is 0 Å². The lowest BCUT2D eigenvalue weighted by atomic mass is 9.78. The summed E-state index contributed by atoms with van der Waals surface area (Å²) in [6.07, 6.45) is 3.10. The van der Waals surface area contributed by atoms with E-state index in [1.54, 1.807) is 12.3 Å². The van der Waals surface area contributed by atoms with Gasteiger partial charge in [0.15, 0.2) is 6.29 Å². The summed E-state index contributed by atoms with van der Waals surface area (Å²) < 4.78 is 11.9. The molecule has 5 nitrogen and oxygen atoms in total. The summed E-state index contributed by atoms with van der Waals surface area (Å²) in [6, 6.07) is 15.3. The quantitative estimate of drug-likeness (QED) is 0.300. The normalized spacial score (nSPS) is 12.2. The van der Waals surface area contributed by atoms with E-state index in [-0.39, 0.29) is 10.8 Å². The minimum Gasteiger partial charge on any atom is -0.507 e. The van der Waals surface area contributed by atoms with Crippen LogP contribution in [0.15, 0.2) is 59.2 Å². The van der Waals surface area contributed by atoms with Gasteiger partial charge in [-0.15, -0.1) is 0 Å². The molecule has 5 heteroatoms. The molecular formula is C30H33NO4. The summed E-state index contributed by atoms with van der Waals surface area (Å²) in [6.45, 7) is 12.9. The first-order chi connectivity index (χ1) is 16.5. The molecular weight excluding hydrogens is 438 g/mol. The first kappa shape index (κ1) is 24.5. The van der Waals surface area contributed by atoms with Crippen molar-refractivity contribution in [2.45, 2.75) is 58.8 Å². The van der Waals surface area contributed by atoms with E-state index in [0.29, 0.717) is 30.2 Å². The number of hydrogen-bond donors (Lipinski definition) is 1. The van der Waals surface area contributed by atoms with Crippen LogP contribution in [0.2, 0.25) is 0 Å². The molecule has 0 spiro atoms. The maximum atomic E-state index is 11.3. The lowest BCUT2D eigenvalue weighted by molar-refractivity contribution is 0.112. The number of hydrogen-bond acceptors (Lipinski definition) is 5. The minimum atomic E-state index is -0.231. The Bertz CT molecular complexity index is 1330. The maximum absolute atomic E-state index is 11.3. The van der Waals surface area contributed by atoms with Crippen molar-refractivity contribution in [3.8, 4) is 23.0 Å². The fraction of sp³-hybridized carbons (Fsp3) is 0.333. The molecule has 0 unspecified atom stereocenters. The number of ether oxygens (including phenoxy) is 1. The van der Waals surface area contributed by atoms with Gasteiger partial charge in [0.1, 0.15) is 17.8 Å². The predicted octanol–water partition coefficient (Wildman–Crippen LogP) is 7.23. The minimum absolute atomic E-state index is 0.231. The average molecular weight is 472 g/mol. The number of phenolic OH excluding ortho intramolecular Hbond substituents is 1. The zero-order valence-corrected chi connectivity index (χ0v) is 21.3. The standard InChI is InChI=1S/C30H33NO4/c1-29(2,3)24-15-20(16-25(27(24)33)30(4,5)6)28-31-21(18-35-28)13-14-34-26-12-11-19(17-32)22-9-7-8-10-23(22)26/h7-12,15-18,33H,13-14H2,1-6H3. The first-order valence-electron chi connectivity index (χ1n) is 11.9. The predicted molar refractivity (Wildman–Crippen MR) is 140 cm³/mol. The largest absolute Gasteiger partial charge is 0.507 e. The highest BCUT2D eigenvalue weighted by molar-refractivity contribution is 6.00. The number of carbonyl (C=O) groups excluding carboxylic acids is 1. The number of aromatic nitrogens is 1. The number of fused-ring (bicyclic) bond motifs is 1. The van der Waals surface area contributed by atoms with Gasteiger partial charge in [-0.1, -0.05) is 65.8 Å². The number of benzene rings is 3. The van der Waals surface area contributed by atoms with Crippen molar-refractivity contribution in [1.29, 1.82) is 0 Å². The molecule has 0 radical (unpaired) electrons. The van der Waals surface area contributed by atoms with E-state index in [1.165, 1.54) is 0 Å². The SMILES string of the molecule is CC(C)(C)c1cc(-c2nc(CCOc3ccc(C=O)c4ccccc34)co2)cc(C(C)(C)C)c1O. The van der Waals surface area contributed by atoms with Crippen LogP contribution in [0, 0.1) is 0 Å². The van der Waals surface area contributed by atoms with E-state index >= 15 is 0 Å². The summed E-state index contributed by atoms with van der Waals surface area (Å²) in [4.78, 5) is 16.0. The third-order valence-electron chi connectivity index (χ3n) is 6.19. The molecule has 0 aliphatic heterocycles. The number of nitrogens with zero attached hydrogens (tertiary/aromatic N) is 1. The van der Waals surface area contributed by atoms with E-state index in [0.717, 1.165) is 45.2 Å². The average Bonchev–Trinajstić information content (AvgIpc) is 3.26. The van der Waals surface area contributed by atoms with Crippen molar-refractivity contribution in [2.75, 3.05) is 6.61 Å². The van der Waals surface area contributed by atoms with E-state index in [2.05, 4.69) is 41.5 Å². The Labute approximate surface area is 206 Å². The Balaban J connectivity index is 1.56. The summed E-state index contributed by atoms with van der Waals surface area (Å²) in [5.41, 5.74) is 3.56. The Morgan fingerprint density at radius 2 is 1.57 bits per heavy atom. The van der Waals surface area contributed by atoms with Crippen LogP contribution in [-0.4, -0.2) is 23.0 Å². The van der Waals surface area contributed by atoms with Crippen LogP contribution >= 0.6 is 0 Å². The van der Waals surface area contributed by atoms with Crippen LogP contribution in [0.25, 0.3) is 22.2 Å². The van der Waals surface area contributed by atoms with E-state index < -0.39 is 0 Å². The topological polar surface area (TPSA) is 72.6 Å². The van der Waals surface area contributed by atoms with Crippen molar-refractivity contribution in [3.63, 3.8) is 0 Å². The Kier molecular flexibility index (Phi) is 6.46. The van der Waals surface area contributed by atoms with Gasteiger partial charge in [0, 0.05) is 34.1 Å². The van der Waals surface area contributed by atoms with Crippen LogP contribution < -0.4 is 4.74 Å². The first-order valence-corrected chi connectivity index (χ1v) is 11.9. The fourth-order valence-corrected chi connectivity index (χ4v) is 4.24. The molecule has 0 aliphatic carbocycles. The van der Waals surface area contributed by atoms with E-state index in [4.69, 9.17) is 14.1 Å². The molecule has 0 aliphatic rings. The molecule has 0 atom stereocenters.